The Morgan fingerprint density at radius 2 is 1.38 bits per heavy atom. The van der Waals surface area contributed by atoms with Gasteiger partial charge in [-0.1, -0.05) is 96.0 Å². The average molecular weight is 425 g/mol. The molecule has 0 saturated carbocycles. The summed E-state index contributed by atoms with van der Waals surface area (Å²) in [5.74, 6) is 0. The highest BCUT2D eigenvalue weighted by Crippen LogP contribution is 2.41. The lowest BCUT2D eigenvalue weighted by Gasteiger charge is -2.19. The summed E-state index contributed by atoms with van der Waals surface area (Å²) in [4.78, 5) is 0. The zero-order valence-corrected chi connectivity index (χ0v) is 20.4. The molecule has 2 nitrogen and oxygen atoms in total. The molecule has 0 heterocycles. The van der Waals surface area contributed by atoms with Gasteiger partial charge in [0.2, 0.25) is 0 Å². The van der Waals surface area contributed by atoms with Crippen LogP contribution in [0.5, 0.6) is 0 Å². The van der Waals surface area contributed by atoms with E-state index in [0.29, 0.717) is 0 Å². The van der Waals surface area contributed by atoms with Crippen LogP contribution in [0.1, 0.15) is 44.4 Å². The molecule has 0 bridgehead atoms. The first kappa shape index (κ1) is 24.7. The molecular formula is C30H36N2. The molecule has 0 aliphatic heterocycles. The van der Waals surface area contributed by atoms with Gasteiger partial charge in [-0.25, -0.2) is 0 Å². The predicted molar refractivity (Wildman–Crippen MR) is 148 cm³/mol. The molecule has 0 fully saturated rings. The van der Waals surface area contributed by atoms with Crippen molar-refractivity contribution in [2.45, 2.75) is 27.7 Å². The van der Waals surface area contributed by atoms with E-state index in [4.69, 9.17) is 0 Å². The van der Waals surface area contributed by atoms with Crippen LogP contribution in [0.25, 0.3) is 49.8 Å². The molecule has 0 saturated heterocycles. The lowest BCUT2D eigenvalue weighted by molar-refractivity contribution is 1.13. The van der Waals surface area contributed by atoms with Crippen LogP contribution >= 0.6 is 0 Å². The Bertz CT molecular complexity index is 1270. The first-order valence-corrected chi connectivity index (χ1v) is 11.4. The maximum Gasteiger partial charge on any atom is 0.0417 e. The van der Waals surface area contributed by atoms with E-state index in [0.717, 1.165) is 22.5 Å². The molecule has 0 spiro atoms. The van der Waals surface area contributed by atoms with Crippen LogP contribution < -0.4 is 10.6 Å². The zero-order chi connectivity index (χ0) is 23.8. The molecule has 0 aromatic heterocycles. The van der Waals surface area contributed by atoms with E-state index in [1.54, 1.807) is 0 Å². The van der Waals surface area contributed by atoms with Gasteiger partial charge in [0.05, 0.1) is 0 Å². The third kappa shape index (κ3) is 4.13. The molecule has 2 N–H and O–H groups in total. The summed E-state index contributed by atoms with van der Waals surface area (Å²) < 4.78 is 0. The normalized spacial score (nSPS) is 10.8. The van der Waals surface area contributed by atoms with Gasteiger partial charge < -0.3 is 10.6 Å². The van der Waals surface area contributed by atoms with E-state index < -0.39 is 0 Å². The van der Waals surface area contributed by atoms with Gasteiger partial charge in [-0.3, -0.25) is 0 Å². The van der Waals surface area contributed by atoms with Gasteiger partial charge in [-0.15, -0.1) is 0 Å². The van der Waals surface area contributed by atoms with Gasteiger partial charge in [-0.05, 0) is 50.0 Å². The average Bonchev–Trinajstić information content (AvgIpc) is 2.87. The van der Waals surface area contributed by atoms with E-state index >= 15 is 0 Å². The minimum Gasteiger partial charge on any atom is -0.388 e. The Morgan fingerprint density at radius 3 is 1.97 bits per heavy atom. The second kappa shape index (κ2) is 11.2. The molecule has 4 rings (SSSR count). The lowest BCUT2D eigenvalue weighted by atomic mass is 9.87. The molecule has 0 aliphatic rings. The highest BCUT2D eigenvalue weighted by atomic mass is 14.8. The number of hydrogen-bond donors (Lipinski definition) is 2. The van der Waals surface area contributed by atoms with E-state index in [2.05, 4.69) is 72.8 Å². The topological polar surface area (TPSA) is 24.1 Å². The number of allylic oxidation sites excluding steroid dienone is 2. The molecule has 0 aliphatic carbocycles. The van der Waals surface area contributed by atoms with Crippen LogP contribution in [-0.4, -0.2) is 14.1 Å². The first-order valence-electron chi connectivity index (χ1n) is 11.4. The fourth-order valence-corrected chi connectivity index (χ4v) is 4.18. The summed E-state index contributed by atoms with van der Waals surface area (Å²) in [5.41, 5.74) is 5.33. The molecule has 4 aromatic rings. The SMILES string of the molecule is C=C/C=C(\NC)c1ccc2ccc3c(C(=C)NC)c(C=C)cc4ccc1c2c43.CC.CC. The van der Waals surface area contributed by atoms with Crippen molar-refractivity contribution in [3.63, 3.8) is 0 Å². The third-order valence-corrected chi connectivity index (χ3v) is 5.48. The molecule has 0 atom stereocenters. The Kier molecular flexibility index (Phi) is 8.66. The predicted octanol–water partition coefficient (Wildman–Crippen LogP) is 8.22. The second-order valence-corrected chi connectivity index (χ2v) is 6.88. The van der Waals surface area contributed by atoms with E-state index in [1.165, 1.54) is 37.9 Å². The van der Waals surface area contributed by atoms with Gasteiger partial charge in [0.15, 0.2) is 0 Å². The highest BCUT2D eigenvalue weighted by Gasteiger charge is 2.17. The third-order valence-electron chi connectivity index (χ3n) is 5.48. The van der Waals surface area contributed by atoms with Crippen molar-refractivity contribution in [3.8, 4) is 0 Å². The molecule has 2 heteroatoms. The quantitative estimate of drug-likeness (QED) is 0.241. The minimum absolute atomic E-state index is 0.899. The Hall–Kier alpha value is -3.52. The van der Waals surface area contributed by atoms with Crippen molar-refractivity contribution >= 4 is 49.8 Å². The molecule has 166 valence electrons. The summed E-state index contributed by atoms with van der Waals surface area (Å²) >= 11 is 0. The van der Waals surface area contributed by atoms with Crippen LogP contribution in [0, 0.1) is 0 Å². The maximum atomic E-state index is 4.23. The largest absolute Gasteiger partial charge is 0.388 e. The van der Waals surface area contributed by atoms with Crippen LogP contribution in [0.4, 0.5) is 0 Å². The molecule has 0 radical (unpaired) electrons. The van der Waals surface area contributed by atoms with Crippen molar-refractivity contribution in [1.82, 2.24) is 10.6 Å². The Labute approximate surface area is 193 Å². The molecular weight excluding hydrogens is 388 g/mol. The van der Waals surface area contributed by atoms with Crippen molar-refractivity contribution < 1.29 is 0 Å². The summed E-state index contributed by atoms with van der Waals surface area (Å²) in [7, 11) is 3.85. The summed E-state index contributed by atoms with van der Waals surface area (Å²) in [6.07, 6.45) is 5.73. The van der Waals surface area contributed by atoms with Gasteiger partial charge in [0.1, 0.15) is 0 Å². The number of nitrogens with one attached hydrogen (secondary N) is 2. The van der Waals surface area contributed by atoms with E-state index in [9.17, 15) is 0 Å². The molecule has 32 heavy (non-hydrogen) atoms. The monoisotopic (exact) mass is 424 g/mol. The summed E-state index contributed by atoms with van der Waals surface area (Å²) in [5, 5.41) is 13.9. The van der Waals surface area contributed by atoms with Crippen LogP contribution in [0.2, 0.25) is 0 Å². The van der Waals surface area contributed by atoms with Gasteiger partial charge in [0, 0.05) is 36.6 Å². The van der Waals surface area contributed by atoms with Crippen molar-refractivity contribution in [2.24, 2.45) is 0 Å². The standard InChI is InChI=1S/C26H24N2.2C2H6/c1-6-8-23(28-5)20-12-9-18-10-14-22-24(16(3)27-4)17(7-2)15-19-11-13-21(20)25(18)26(19)22;2*1-2/h6-15,27-28H,1-3H2,4-5H3;2*1-2H3/b23-8-;;. The van der Waals surface area contributed by atoms with Gasteiger partial charge in [-0.2, -0.15) is 0 Å². The van der Waals surface area contributed by atoms with E-state index in [1.807, 2.05) is 60.0 Å². The van der Waals surface area contributed by atoms with Crippen molar-refractivity contribution in [3.05, 3.63) is 91.0 Å². The number of benzene rings is 4. The minimum atomic E-state index is 0.899. The van der Waals surface area contributed by atoms with E-state index in [-0.39, 0.29) is 0 Å². The van der Waals surface area contributed by atoms with Crippen LogP contribution in [-0.2, 0) is 0 Å². The molecule has 4 aromatic carbocycles. The second-order valence-electron chi connectivity index (χ2n) is 6.88. The summed E-state index contributed by atoms with van der Waals surface area (Å²) in [6.45, 7) is 20.1. The van der Waals surface area contributed by atoms with Crippen molar-refractivity contribution in [1.29, 1.82) is 0 Å². The number of rotatable bonds is 6. The zero-order valence-electron chi connectivity index (χ0n) is 20.4. The Balaban J connectivity index is 0.000000860. The Morgan fingerprint density at radius 1 is 0.781 bits per heavy atom. The smallest absolute Gasteiger partial charge is 0.0417 e. The van der Waals surface area contributed by atoms with Crippen LogP contribution in [0.15, 0.2) is 74.4 Å². The molecule has 0 unspecified atom stereocenters. The maximum absolute atomic E-state index is 4.23. The lowest BCUT2D eigenvalue weighted by Crippen LogP contribution is -2.06. The fourth-order valence-electron chi connectivity index (χ4n) is 4.18. The first-order chi connectivity index (χ1) is 15.6. The van der Waals surface area contributed by atoms with Crippen molar-refractivity contribution in [2.75, 3.05) is 14.1 Å². The van der Waals surface area contributed by atoms with Gasteiger partial charge >= 0.3 is 0 Å². The fraction of sp³-hybridized carbons (Fsp3) is 0.200. The van der Waals surface area contributed by atoms with Gasteiger partial charge in [0.25, 0.3) is 0 Å². The summed E-state index contributed by atoms with van der Waals surface area (Å²) in [6, 6.07) is 15.4. The highest BCUT2D eigenvalue weighted by molar-refractivity contribution is 6.26. The van der Waals surface area contributed by atoms with Crippen LogP contribution in [0.3, 0.4) is 0 Å². The molecule has 0 amide bonds. The number of hydrogen-bond acceptors (Lipinski definition) is 2.